The second-order valence-electron chi connectivity index (χ2n) is 7.85. The first-order chi connectivity index (χ1) is 13.3. The number of aliphatic hydroxyl groups is 1. The highest BCUT2D eigenvalue weighted by Gasteiger charge is 2.59. The molecule has 2 aliphatic heterocycles. The van der Waals surface area contributed by atoms with Gasteiger partial charge in [-0.05, 0) is 42.9 Å². The second-order valence-corrected chi connectivity index (χ2v) is 7.85. The van der Waals surface area contributed by atoms with Crippen LogP contribution in [0.1, 0.15) is 59.8 Å². The molecule has 146 valence electrons. The van der Waals surface area contributed by atoms with Crippen LogP contribution in [0.15, 0.2) is 6.07 Å². The molecule has 1 amide bonds. The number of fused-ring (bicyclic) bond motifs is 4. The molecule has 1 fully saturated rings. The molecule has 7 nitrogen and oxygen atoms in total. The van der Waals surface area contributed by atoms with Gasteiger partial charge in [-0.2, -0.15) is 0 Å². The smallest absolute Gasteiger partial charge is 0.376 e. The van der Waals surface area contributed by atoms with Gasteiger partial charge in [0.25, 0.3) is 0 Å². The maximum atomic E-state index is 14.5. The van der Waals surface area contributed by atoms with E-state index in [1.54, 1.807) is 13.8 Å². The fraction of sp³-hybridized carbons (Fsp3) is 0.450. The Morgan fingerprint density at radius 1 is 1.43 bits per heavy atom. The van der Waals surface area contributed by atoms with Crippen molar-refractivity contribution in [1.29, 1.82) is 0 Å². The molecule has 0 bridgehead atoms. The number of halogens is 1. The number of nitrogens with zero attached hydrogens (tertiary/aromatic N) is 2. The minimum atomic E-state index is -1.91. The van der Waals surface area contributed by atoms with Crippen LogP contribution in [0.3, 0.4) is 0 Å². The van der Waals surface area contributed by atoms with Crippen molar-refractivity contribution in [1.82, 2.24) is 9.88 Å². The highest BCUT2D eigenvalue weighted by atomic mass is 19.1. The van der Waals surface area contributed by atoms with E-state index in [4.69, 9.17) is 10.5 Å². The lowest BCUT2D eigenvalue weighted by Gasteiger charge is -2.39. The number of esters is 1. The fourth-order valence-electron chi connectivity index (χ4n) is 4.96. The molecule has 2 aromatic rings. The average molecular weight is 385 g/mol. The van der Waals surface area contributed by atoms with Crippen molar-refractivity contribution in [3.05, 3.63) is 39.8 Å². The van der Waals surface area contributed by atoms with Crippen molar-refractivity contribution < 1.29 is 23.8 Å². The van der Waals surface area contributed by atoms with Crippen molar-refractivity contribution in [2.75, 3.05) is 0 Å². The Morgan fingerprint density at radius 3 is 2.89 bits per heavy atom. The van der Waals surface area contributed by atoms with E-state index in [1.807, 2.05) is 0 Å². The fourth-order valence-corrected chi connectivity index (χ4v) is 4.96. The standard InChI is InChI=1S/C20H20FN3O4/c1-3-20(27)17-16-10(7-24(17)19(26)28-18(20)25)14-12(22)5-4-9-8(2)11(21)6-13(23-16)15(9)14/h6,12,17,27H,3-5,7,22H2,1-2H3/t12-,17?,20-/m0/s1. The van der Waals surface area contributed by atoms with Crippen LogP contribution >= 0.6 is 0 Å². The number of aromatic nitrogens is 1. The van der Waals surface area contributed by atoms with Gasteiger partial charge < -0.3 is 15.6 Å². The summed E-state index contributed by atoms with van der Waals surface area (Å²) in [6.45, 7) is 3.54. The van der Waals surface area contributed by atoms with Crippen molar-refractivity contribution in [3.63, 3.8) is 0 Å². The Bertz CT molecular complexity index is 1090. The topological polar surface area (TPSA) is 106 Å². The molecular weight excluding hydrogens is 365 g/mol. The maximum Gasteiger partial charge on any atom is 0.418 e. The third-order valence-corrected chi connectivity index (χ3v) is 6.51. The van der Waals surface area contributed by atoms with Crippen molar-refractivity contribution in [3.8, 4) is 0 Å². The zero-order chi connectivity index (χ0) is 20.0. The number of carbonyl (C=O) groups excluding carboxylic acids is 2. The van der Waals surface area contributed by atoms with Crippen molar-refractivity contribution >= 4 is 23.0 Å². The summed E-state index contributed by atoms with van der Waals surface area (Å²) in [5.41, 5.74) is 8.40. The predicted octanol–water partition coefficient (Wildman–Crippen LogP) is 2.30. The number of ether oxygens (including phenoxy) is 1. The Labute approximate surface area is 160 Å². The monoisotopic (exact) mass is 385 g/mol. The van der Waals surface area contributed by atoms with Crippen LogP contribution in [-0.4, -0.2) is 32.7 Å². The van der Waals surface area contributed by atoms with Crippen LogP contribution in [0.25, 0.3) is 10.9 Å². The Kier molecular flexibility index (Phi) is 3.43. The number of hydrogen-bond donors (Lipinski definition) is 2. The number of hydrogen-bond acceptors (Lipinski definition) is 6. The number of carbonyl (C=O) groups is 2. The van der Waals surface area contributed by atoms with E-state index in [2.05, 4.69) is 4.98 Å². The van der Waals surface area contributed by atoms with E-state index >= 15 is 0 Å². The lowest BCUT2D eigenvalue weighted by Crippen LogP contribution is -2.57. The van der Waals surface area contributed by atoms with E-state index in [-0.39, 0.29) is 24.8 Å². The minimum Gasteiger partial charge on any atom is -0.376 e. The highest BCUT2D eigenvalue weighted by molar-refractivity contribution is 5.96. The largest absolute Gasteiger partial charge is 0.418 e. The summed E-state index contributed by atoms with van der Waals surface area (Å²) in [6.07, 6.45) is 0.541. The van der Waals surface area contributed by atoms with Gasteiger partial charge in [0, 0.05) is 23.1 Å². The first-order valence-electron chi connectivity index (χ1n) is 9.43. The third kappa shape index (κ3) is 1.96. The molecule has 1 unspecified atom stereocenters. The van der Waals surface area contributed by atoms with Crippen LogP contribution in [-0.2, 0) is 22.5 Å². The Balaban J connectivity index is 1.86. The molecular formula is C20H20FN3O4. The summed E-state index contributed by atoms with van der Waals surface area (Å²) >= 11 is 0. The summed E-state index contributed by atoms with van der Waals surface area (Å²) in [6, 6.07) is 0.107. The maximum absolute atomic E-state index is 14.5. The number of rotatable bonds is 1. The molecule has 1 saturated heterocycles. The zero-order valence-corrected chi connectivity index (χ0v) is 15.6. The predicted molar refractivity (Wildman–Crippen MR) is 96.7 cm³/mol. The van der Waals surface area contributed by atoms with Gasteiger partial charge in [0.1, 0.15) is 11.9 Å². The minimum absolute atomic E-state index is 0.0499. The summed E-state index contributed by atoms with van der Waals surface area (Å²) < 4.78 is 19.3. The summed E-state index contributed by atoms with van der Waals surface area (Å²) in [5, 5.41) is 11.9. The van der Waals surface area contributed by atoms with Crippen LogP contribution in [0.4, 0.5) is 9.18 Å². The molecule has 28 heavy (non-hydrogen) atoms. The zero-order valence-electron chi connectivity index (χ0n) is 15.6. The molecule has 5 rings (SSSR count). The van der Waals surface area contributed by atoms with Crippen LogP contribution in [0.2, 0.25) is 0 Å². The van der Waals surface area contributed by atoms with Crippen LogP contribution in [0.5, 0.6) is 0 Å². The van der Waals surface area contributed by atoms with E-state index in [1.165, 1.54) is 11.0 Å². The van der Waals surface area contributed by atoms with E-state index in [0.717, 1.165) is 22.1 Å². The van der Waals surface area contributed by atoms with Crippen molar-refractivity contribution in [2.24, 2.45) is 5.73 Å². The molecule has 3 N–H and O–H groups in total. The van der Waals surface area contributed by atoms with Crippen LogP contribution < -0.4 is 5.73 Å². The van der Waals surface area contributed by atoms with E-state index in [0.29, 0.717) is 29.6 Å². The van der Waals surface area contributed by atoms with Crippen molar-refractivity contribution in [2.45, 2.75) is 57.3 Å². The molecule has 1 aromatic carbocycles. The van der Waals surface area contributed by atoms with Gasteiger partial charge in [0.2, 0.25) is 0 Å². The normalized spacial score (nSPS) is 28.4. The Hall–Kier alpha value is -2.58. The average Bonchev–Trinajstić information content (AvgIpc) is 3.05. The summed E-state index contributed by atoms with van der Waals surface area (Å²) in [7, 11) is 0. The number of cyclic esters (lactones) is 2. The van der Waals surface area contributed by atoms with Gasteiger partial charge in [-0.1, -0.05) is 6.92 Å². The lowest BCUT2D eigenvalue weighted by atomic mass is 9.81. The van der Waals surface area contributed by atoms with Gasteiger partial charge in [0.15, 0.2) is 5.60 Å². The number of aryl methyl sites for hydroxylation is 1. The SMILES string of the molecule is CC[C@@]1(O)C(=O)OC(=O)N2Cc3c(nc4cc(F)c(C)c5c4c3[C@@H](N)CC5)C21. The second kappa shape index (κ2) is 5.48. The number of nitrogens with two attached hydrogens (primary N) is 1. The summed E-state index contributed by atoms with van der Waals surface area (Å²) in [5.74, 6) is -1.33. The van der Waals surface area contributed by atoms with Gasteiger partial charge >= 0.3 is 12.1 Å². The van der Waals surface area contributed by atoms with Crippen LogP contribution in [0, 0.1) is 12.7 Å². The molecule has 0 saturated carbocycles. The molecule has 3 atom stereocenters. The van der Waals surface area contributed by atoms with Gasteiger partial charge in [-0.15, -0.1) is 0 Å². The van der Waals surface area contributed by atoms with Gasteiger partial charge in [-0.3, -0.25) is 4.90 Å². The first kappa shape index (κ1) is 17.5. The molecule has 0 radical (unpaired) electrons. The van der Waals surface area contributed by atoms with Gasteiger partial charge in [0.05, 0.1) is 17.8 Å². The summed E-state index contributed by atoms with van der Waals surface area (Å²) in [4.78, 5) is 30.7. The van der Waals surface area contributed by atoms with Gasteiger partial charge in [-0.25, -0.2) is 19.0 Å². The van der Waals surface area contributed by atoms with E-state index < -0.39 is 23.7 Å². The van der Waals surface area contributed by atoms with E-state index in [9.17, 15) is 19.1 Å². The number of pyridine rings is 1. The third-order valence-electron chi connectivity index (χ3n) is 6.51. The number of benzene rings is 1. The highest BCUT2D eigenvalue weighted by Crippen LogP contribution is 2.50. The Morgan fingerprint density at radius 2 is 2.18 bits per heavy atom. The molecule has 1 aliphatic carbocycles. The first-order valence-corrected chi connectivity index (χ1v) is 9.43. The molecule has 8 heteroatoms. The molecule has 3 heterocycles. The number of amides is 1. The lowest BCUT2D eigenvalue weighted by molar-refractivity contribution is -0.177. The molecule has 3 aliphatic rings. The quantitative estimate of drug-likeness (QED) is 0.576. The molecule has 1 aromatic heterocycles. The molecule has 0 spiro atoms.